The molecule has 1 saturated heterocycles. The van der Waals surface area contributed by atoms with Gasteiger partial charge in [-0.2, -0.15) is 0 Å². The van der Waals surface area contributed by atoms with Gasteiger partial charge < -0.3 is 5.32 Å². The molecule has 2 fully saturated rings. The highest BCUT2D eigenvalue weighted by Crippen LogP contribution is 2.31. The van der Waals surface area contributed by atoms with Crippen LogP contribution < -0.4 is 5.32 Å². The number of hydrogen-bond acceptors (Lipinski definition) is 2. The van der Waals surface area contributed by atoms with Crippen LogP contribution in [-0.2, 0) is 0 Å². The van der Waals surface area contributed by atoms with Crippen LogP contribution in [0.5, 0.6) is 0 Å². The van der Waals surface area contributed by atoms with Gasteiger partial charge in [0, 0.05) is 18.6 Å². The maximum atomic E-state index is 3.69. The molecule has 2 heteroatoms. The summed E-state index contributed by atoms with van der Waals surface area (Å²) in [5.74, 6) is 1.74. The minimum atomic E-state index is 0.799. The van der Waals surface area contributed by atoms with E-state index >= 15 is 0 Å². The minimum Gasteiger partial charge on any atom is -0.314 e. The monoisotopic (exact) mass is 238 g/mol. The van der Waals surface area contributed by atoms with Gasteiger partial charge in [-0.15, -0.1) is 0 Å². The van der Waals surface area contributed by atoms with Crippen LogP contribution in [0.25, 0.3) is 0 Å². The highest BCUT2D eigenvalue weighted by Gasteiger charge is 2.33. The third-order valence-electron chi connectivity index (χ3n) is 4.78. The molecule has 1 saturated carbocycles. The fourth-order valence-electron chi connectivity index (χ4n) is 3.92. The van der Waals surface area contributed by atoms with E-state index in [0.717, 1.165) is 30.5 Å². The van der Waals surface area contributed by atoms with Crippen molar-refractivity contribution in [2.24, 2.45) is 11.8 Å². The number of likely N-dealkylation sites (tertiary alicyclic amines) is 1. The molecule has 0 spiro atoms. The van der Waals surface area contributed by atoms with Gasteiger partial charge in [-0.05, 0) is 50.6 Å². The van der Waals surface area contributed by atoms with Crippen LogP contribution in [0.15, 0.2) is 0 Å². The van der Waals surface area contributed by atoms with Crippen molar-refractivity contribution in [3.63, 3.8) is 0 Å². The molecule has 1 aliphatic heterocycles. The second kappa shape index (κ2) is 6.19. The largest absolute Gasteiger partial charge is 0.314 e. The summed E-state index contributed by atoms with van der Waals surface area (Å²) in [7, 11) is 0. The summed E-state index contributed by atoms with van der Waals surface area (Å²) in [6.45, 7) is 10.8. The Morgan fingerprint density at radius 1 is 1.18 bits per heavy atom. The molecule has 3 unspecified atom stereocenters. The third-order valence-corrected chi connectivity index (χ3v) is 4.78. The highest BCUT2D eigenvalue weighted by atomic mass is 15.2. The quantitative estimate of drug-likeness (QED) is 0.792. The fourth-order valence-corrected chi connectivity index (χ4v) is 3.92. The Kier molecular flexibility index (Phi) is 4.87. The normalized spacial score (nSPS) is 34.9. The third kappa shape index (κ3) is 3.23. The first-order chi connectivity index (χ1) is 8.22. The maximum Gasteiger partial charge on any atom is 0.0119 e. The zero-order valence-corrected chi connectivity index (χ0v) is 11.9. The molecule has 3 atom stereocenters. The second-order valence-electron chi connectivity index (χ2n) is 6.30. The van der Waals surface area contributed by atoms with E-state index in [4.69, 9.17) is 0 Å². The predicted molar refractivity (Wildman–Crippen MR) is 74.2 cm³/mol. The van der Waals surface area contributed by atoms with Gasteiger partial charge in [-0.25, -0.2) is 0 Å². The van der Waals surface area contributed by atoms with Crippen molar-refractivity contribution < 1.29 is 0 Å². The van der Waals surface area contributed by atoms with E-state index in [-0.39, 0.29) is 0 Å². The molecule has 2 rings (SSSR count). The number of hydrogen-bond donors (Lipinski definition) is 1. The maximum absolute atomic E-state index is 3.69. The van der Waals surface area contributed by atoms with E-state index in [2.05, 4.69) is 31.0 Å². The summed E-state index contributed by atoms with van der Waals surface area (Å²) >= 11 is 0. The lowest BCUT2D eigenvalue weighted by molar-refractivity contribution is 0.167. The lowest BCUT2D eigenvalue weighted by atomic mass is 9.98. The summed E-state index contributed by atoms with van der Waals surface area (Å²) in [4.78, 5) is 2.78. The Bertz CT molecular complexity index is 227. The fraction of sp³-hybridized carbons (Fsp3) is 1.00. The molecule has 2 aliphatic rings. The topological polar surface area (TPSA) is 15.3 Å². The van der Waals surface area contributed by atoms with Crippen molar-refractivity contribution >= 4 is 0 Å². The first-order valence-electron chi connectivity index (χ1n) is 7.69. The summed E-state index contributed by atoms with van der Waals surface area (Å²) in [6.07, 6.45) is 7.12. The van der Waals surface area contributed by atoms with Crippen molar-refractivity contribution in [1.82, 2.24) is 10.2 Å². The van der Waals surface area contributed by atoms with Gasteiger partial charge in [0.2, 0.25) is 0 Å². The van der Waals surface area contributed by atoms with Crippen LogP contribution in [0, 0.1) is 11.8 Å². The molecule has 0 aromatic rings. The minimum absolute atomic E-state index is 0.799. The molecule has 1 N–H and O–H groups in total. The molecule has 0 bridgehead atoms. The van der Waals surface area contributed by atoms with E-state index in [9.17, 15) is 0 Å². The molecule has 100 valence electrons. The first kappa shape index (κ1) is 13.4. The second-order valence-corrected chi connectivity index (χ2v) is 6.30. The van der Waals surface area contributed by atoms with Gasteiger partial charge in [0.05, 0.1) is 0 Å². The van der Waals surface area contributed by atoms with Crippen molar-refractivity contribution in [2.45, 2.75) is 65.0 Å². The van der Waals surface area contributed by atoms with E-state index in [1.54, 1.807) is 0 Å². The molecule has 1 heterocycles. The molecule has 17 heavy (non-hydrogen) atoms. The van der Waals surface area contributed by atoms with Crippen LogP contribution in [0.2, 0.25) is 0 Å². The van der Waals surface area contributed by atoms with Crippen LogP contribution in [0.3, 0.4) is 0 Å². The number of rotatable bonds is 5. The molecule has 0 aromatic carbocycles. The van der Waals surface area contributed by atoms with Crippen LogP contribution in [0.4, 0.5) is 0 Å². The zero-order valence-electron chi connectivity index (χ0n) is 11.9. The summed E-state index contributed by atoms with van der Waals surface area (Å²) < 4.78 is 0. The van der Waals surface area contributed by atoms with E-state index in [1.807, 2.05) is 0 Å². The number of nitrogens with one attached hydrogen (secondary N) is 1. The Labute approximate surface area is 107 Å². The van der Waals surface area contributed by atoms with Gasteiger partial charge in [0.1, 0.15) is 0 Å². The zero-order chi connectivity index (χ0) is 12.3. The van der Waals surface area contributed by atoms with Gasteiger partial charge >= 0.3 is 0 Å². The molecular weight excluding hydrogens is 208 g/mol. The molecule has 0 aromatic heterocycles. The smallest absolute Gasteiger partial charge is 0.0119 e. The Hall–Kier alpha value is -0.0800. The Balaban J connectivity index is 1.86. The Morgan fingerprint density at radius 2 is 2.00 bits per heavy atom. The average Bonchev–Trinajstić information content (AvgIpc) is 2.89. The van der Waals surface area contributed by atoms with Gasteiger partial charge in [0.15, 0.2) is 0 Å². The lowest BCUT2D eigenvalue weighted by Gasteiger charge is -2.32. The van der Waals surface area contributed by atoms with Crippen molar-refractivity contribution in [2.75, 3.05) is 19.6 Å². The van der Waals surface area contributed by atoms with Crippen molar-refractivity contribution in [1.29, 1.82) is 0 Å². The van der Waals surface area contributed by atoms with Crippen LogP contribution >= 0.6 is 0 Å². The molecule has 0 amide bonds. The first-order valence-corrected chi connectivity index (χ1v) is 7.69. The average molecular weight is 238 g/mol. The summed E-state index contributed by atoms with van der Waals surface area (Å²) in [6, 6.07) is 1.66. The van der Waals surface area contributed by atoms with Crippen molar-refractivity contribution in [3.8, 4) is 0 Å². The molecule has 0 radical (unpaired) electrons. The SMILES string of the molecule is CCNC1CCCC1CN1CCCC1C(C)C. The van der Waals surface area contributed by atoms with Gasteiger partial charge in [0.25, 0.3) is 0 Å². The summed E-state index contributed by atoms with van der Waals surface area (Å²) in [5.41, 5.74) is 0. The molecule has 1 aliphatic carbocycles. The standard InChI is InChI=1S/C15H30N2/c1-4-16-14-8-5-7-13(14)11-17-10-6-9-15(17)12(2)3/h12-16H,4-11H2,1-3H3. The van der Waals surface area contributed by atoms with Crippen LogP contribution in [-0.4, -0.2) is 36.6 Å². The predicted octanol–water partition coefficient (Wildman–Crippen LogP) is 2.89. The van der Waals surface area contributed by atoms with Gasteiger partial charge in [-0.1, -0.05) is 27.2 Å². The molecular formula is C15H30N2. The molecule has 2 nitrogen and oxygen atoms in total. The van der Waals surface area contributed by atoms with Gasteiger partial charge in [-0.3, -0.25) is 4.90 Å². The summed E-state index contributed by atoms with van der Waals surface area (Å²) in [5, 5.41) is 3.69. The Morgan fingerprint density at radius 3 is 2.71 bits per heavy atom. The van der Waals surface area contributed by atoms with E-state index < -0.39 is 0 Å². The highest BCUT2D eigenvalue weighted by molar-refractivity contribution is 4.89. The van der Waals surface area contributed by atoms with Crippen LogP contribution in [0.1, 0.15) is 52.9 Å². The van der Waals surface area contributed by atoms with E-state index in [1.165, 1.54) is 45.2 Å². The number of nitrogens with zero attached hydrogens (tertiary/aromatic N) is 1. The van der Waals surface area contributed by atoms with E-state index in [0.29, 0.717) is 0 Å². The lowest BCUT2D eigenvalue weighted by Crippen LogP contribution is -2.42. The van der Waals surface area contributed by atoms with Crippen molar-refractivity contribution in [3.05, 3.63) is 0 Å².